The first kappa shape index (κ1) is 19.3. The fourth-order valence-corrected chi connectivity index (χ4v) is 3.61. The highest BCUT2D eigenvalue weighted by atomic mass is 19.2. The van der Waals surface area contributed by atoms with E-state index in [1.807, 2.05) is 18.2 Å². The molecule has 4 rings (SSSR count). The summed E-state index contributed by atoms with van der Waals surface area (Å²) in [5.74, 6) is -2.12. The molecule has 4 aromatic carbocycles. The van der Waals surface area contributed by atoms with Crippen LogP contribution in [0.15, 0.2) is 72.8 Å². The van der Waals surface area contributed by atoms with Gasteiger partial charge in [-0.05, 0) is 58.7 Å². The number of hydrogen-bond acceptors (Lipinski definition) is 0. The largest absolute Gasteiger partial charge is 0.206 e. The summed E-state index contributed by atoms with van der Waals surface area (Å²) in [6, 6.07) is 20.7. The summed E-state index contributed by atoms with van der Waals surface area (Å²) < 4.78 is 42.2. The number of halogens is 3. The maximum atomic E-state index is 14.9. The number of fused-ring (bicyclic) bond motifs is 1. The van der Waals surface area contributed by atoms with Crippen molar-refractivity contribution in [3.05, 3.63) is 95.8 Å². The van der Waals surface area contributed by atoms with Gasteiger partial charge < -0.3 is 0 Å². The van der Waals surface area contributed by atoms with Gasteiger partial charge in [-0.2, -0.15) is 0 Å². The summed E-state index contributed by atoms with van der Waals surface area (Å²) in [7, 11) is 0. The molecule has 0 spiro atoms. The Balaban J connectivity index is 1.65. The molecule has 0 atom stereocenters. The monoisotopic (exact) mass is 390 g/mol. The van der Waals surface area contributed by atoms with Gasteiger partial charge in [-0.1, -0.05) is 67.9 Å². The first-order valence-electron chi connectivity index (χ1n) is 9.84. The van der Waals surface area contributed by atoms with Crippen LogP contribution in [0.25, 0.3) is 33.0 Å². The second kappa shape index (κ2) is 8.12. The lowest BCUT2D eigenvalue weighted by atomic mass is 9.97. The molecular weight excluding hydrogens is 369 g/mol. The smallest absolute Gasteiger partial charge is 0.166 e. The van der Waals surface area contributed by atoms with Gasteiger partial charge in [0.1, 0.15) is 5.82 Å². The molecule has 29 heavy (non-hydrogen) atoms. The Morgan fingerprint density at radius 2 is 1.38 bits per heavy atom. The van der Waals surface area contributed by atoms with Gasteiger partial charge >= 0.3 is 0 Å². The van der Waals surface area contributed by atoms with Gasteiger partial charge in [-0.25, -0.2) is 13.2 Å². The minimum atomic E-state index is -0.888. The Hall–Kier alpha value is -3.07. The highest BCUT2D eigenvalue weighted by Gasteiger charge is 2.11. The van der Waals surface area contributed by atoms with Crippen molar-refractivity contribution < 1.29 is 13.2 Å². The molecule has 146 valence electrons. The molecule has 0 N–H and O–H groups in total. The van der Waals surface area contributed by atoms with Gasteiger partial charge in [0.15, 0.2) is 11.6 Å². The Kier molecular flexibility index (Phi) is 5.39. The molecule has 0 aliphatic carbocycles. The molecule has 0 aliphatic heterocycles. The van der Waals surface area contributed by atoms with E-state index in [2.05, 4.69) is 19.1 Å². The summed E-state index contributed by atoms with van der Waals surface area (Å²) in [6.07, 6.45) is 3.37. The minimum Gasteiger partial charge on any atom is -0.206 e. The van der Waals surface area contributed by atoms with E-state index in [9.17, 15) is 13.2 Å². The van der Waals surface area contributed by atoms with Crippen LogP contribution >= 0.6 is 0 Å². The summed E-state index contributed by atoms with van der Waals surface area (Å²) >= 11 is 0. The van der Waals surface area contributed by atoms with Crippen molar-refractivity contribution in [3.8, 4) is 22.3 Å². The average Bonchev–Trinajstić information content (AvgIpc) is 2.75. The molecule has 0 heterocycles. The van der Waals surface area contributed by atoms with E-state index in [0.29, 0.717) is 16.5 Å². The van der Waals surface area contributed by atoms with E-state index >= 15 is 0 Å². The van der Waals surface area contributed by atoms with E-state index < -0.39 is 11.6 Å². The van der Waals surface area contributed by atoms with Gasteiger partial charge in [0.2, 0.25) is 0 Å². The quantitative estimate of drug-likeness (QED) is 0.324. The number of hydrogen-bond donors (Lipinski definition) is 0. The van der Waals surface area contributed by atoms with Crippen molar-refractivity contribution in [2.45, 2.75) is 26.2 Å². The predicted octanol–water partition coefficient (Wildman–Crippen LogP) is 7.93. The molecule has 4 aromatic rings. The third-order valence-electron chi connectivity index (χ3n) is 5.29. The lowest BCUT2D eigenvalue weighted by Gasteiger charge is -2.09. The molecular formula is C26H21F3. The van der Waals surface area contributed by atoms with Crippen LogP contribution < -0.4 is 0 Å². The lowest BCUT2D eigenvalue weighted by Crippen LogP contribution is -1.90. The van der Waals surface area contributed by atoms with Gasteiger partial charge in [0, 0.05) is 10.9 Å². The molecule has 0 saturated carbocycles. The number of benzene rings is 4. The Bertz CT molecular complexity index is 1160. The highest BCUT2D eigenvalue weighted by Crippen LogP contribution is 2.31. The van der Waals surface area contributed by atoms with Crippen LogP contribution in [0, 0.1) is 17.5 Å². The van der Waals surface area contributed by atoms with Gasteiger partial charge in [-0.15, -0.1) is 0 Å². The zero-order chi connectivity index (χ0) is 20.4. The van der Waals surface area contributed by atoms with Crippen molar-refractivity contribution in [1.82, 2.24) is 0 Å². The third kappa shape index (κ3) is 3.91. The van der Waals surface area contributed by atoms with E-state index in [1.165, 1.54) is 23.8 Å². The standard InChI is InChI=1S/C26H21F3/c1-2-3-4-17-5-7-18(8-6-17)19-9-12-22(25(28)16-19)20-10-13-23-21(15-20)11-14-24(27)26(23)29/h5-16H,2-4H2,1H3. The van der Waals surface area contributed by atoms with Crippen LogP contribution in [0.1, 0.15) is 25.3 Å². The molecule has 3 heteroatoms. The van der Waals surface area contributed by atoms with Crippen LogP contribution in [0.2, 0.25) is 0 Å². The Morgan fingerprint density at radius 1 is 0.655 bits per heavy atom. The minimum absolute atomic E-state index is 0.189. The Labute approximate surface area is 168 Å². The zero-order valence-corrected chi connectivity index (χ0v) is 16.2. The fraction of sp³-hybridized carbons (Fsp3) is 0.154. The molecule has 0 unspecified atom stereocenters. The maximum Gasteiger partial charge on any atom is 0.166 e. The SMILES string of the molecule is CCCCc1ccc(-c2ccc(-c3ccc4c(F)c(F)ccc4c3)c(F)c2)cc1. The first-order valence-corrected chi connectivity index (χ1v) is 9.84. The van der Waals surface area contributed by atoms with Crippen LogP contribution in [0.5, 0.6) is 0 Å². The van der Waals surface area contributed by atoms with Crippen molar-refractivity contribution >= 4 is 10.8 Å². The van der Waals surface area contributed by atoms with E-state index in [-0.39, 0.29) is 11.2 Å². The van der Waals surface area contributed by atoms with Gasteiger partial charge in [0.25, 0.3) is 0 Å². The van der Waals surface area contributed by atoms with Crippen molar-refractivity contribution in [3.63, 3.8) is 0 Å². The molecule has 0 bridgehead atoms. The summed E-state index contributed by atoms with van der Waals surface area (Å²) in [5, 5.41) is 0.724. The maximum absolute atomic E-state index is 14.9. The average molecular weight is 390 g/mol. The zero-order valence-electron chi connectivity index (χ0n) is 16.2. The molecule has 0 fully saturated rings. The second-order valence-electron chi connectivity index (χ2n) is 7.29. The predicted molar refractivity (Wildman–Crippen MR) is 113 cm³/mol. The summed E-state index contributed by atoms with van der Waals surface area (Å²) in [5.41, 5.74) is 4.11. The molecule has 0 aliphatic rings. The molecule has 0 aromatic heterocycles. The fourth-order valence-electron chi connectivity index (χ4n) is 3.61. The number of unbranched alkanes of at least 4 members (excludes halogenated alkanes) is 1. The highest BCUT2D eigenvalue weighted by molar-refractivity contribution is 5.88. The van der Waals surface area contributed by atoms with Crippen LogP contribution in [-0.4, -0.2) is 0 Å². The molecule has 0 amide bonds. The van der Waals surface area contributed by atoms with E-state index in [4.69, 9.17) is 0 Å². The van der Waals surface area contributed by atoms with Crippen LogP contribution in [0.4, 0.5) is 13.2 Å². The van der Waals surface area contributed by atoms with Crippen molar-refractivity contribution in [2.24, 2.45) is 0 Å². The summed E-state index contributed by atoms with van der Waals surface area (Å²) in [4.78, 5) is 0. The van der Waals surface area contributed by atoms with Crippen LogP contribution in [0.3, 0.4) is 0 Å². The van der Waals surface area contributed by atoms with Crippen molar-refractivity contribution in [1.29, 1.82) is 0 Å². The molecule has 0 nitrogen and oxygen atoms in total. The van der Waals surface area contributed by atoms with Gasteiger partial charge in [0.05, 0.1) is 0 Å². The number of rotatable bonds is 5. The van der Waals surface area contributed by atoms with Crippen molar-refractivity contribution in [2.75, 3.05) is 0 Å². The topological polar surface area (TPSA) is 0 Å². The van der Waals surface area contributed by atoms with Gasteiger partial charge in [-0.3, -0.25) is 0 Å². The molecule has 0 saturated heterocycles. The first-order chi connectivity index (χ1) is 14.1. The Morgan fingerprint density at radius 3 is 2.10 bits per heavy atom. The normalized spacial score (nSPS) is 11.2. The lowest BCUT2D eigenvalue weighted by molar-refractivity contribution is 0.517. The van der Waals surface area contributed by atoms with E-state index in [1.54, 1.807) is 18.2 Å². The van der Waals surface area contributed by atoms with E-state index in [0.717, 1.165) is 36.5 Å². The summed E-state index contributed by atoms with van der Waals surface area (Å²) in [6.45, 7) is 2.17. The second-order valence-corrected chi connectivity index (χ2v) is 7.29. The molecule has 0 radical (unpaired) electrons. The van der Waals surface area contributed by atoms with Crippen LogP contribution in [-0.2, 0) is 6.42 Å². The third-order valence-corrected chi connectivity index (χ3v) is 5.29. The number of aryl methyl sites for hydroxylation is 1.